The lowest BCUT2D eigenvalue weighted by Crippen LogP contribution is -2.18. The first-order valence-electron chi connectivity index (χ1n) is 6.13. The van der Waals surface area contributed by atoms with Crippen LogP contribution in [0.1, 0.15) is 11.1 Å². The number of oxime groups is 1. The maximum atomic E-state index is 13.6. The molecule has 2 rings (SSSR count). The molecule has 104 valence electrons. The maximum Gasteiger partial charge on any atom is 0.170 e. The molecular formula is C15H16FN3O. The summed E-state index contributed by atoms with van der Waals surface area (Å²) in [5.41, 5.74) is 7.64. The van der Waals surface area contributed by atoms with Crippen molar-refractivity contribution in [3.05, 3.63) is 65.5 Å². The first-order chi connectivity index (χ1) is 9.60. The monoisotopic (exact) mass is 273 g/mol. The Labute approximate surface area is 116 Å². The number of nitrogens with zero attached hydrogens (tertiary/aromatic N) is 2. The second kappa shape index (κ2) is 6.06. The summed E-state index contributed by atoms with van der Waals surface area (Å²) in [6, 6.07) is 14.2. The molecule has 0 heterocycles. The molecule has 0 bridgehead atoms. The van der Waals surface area contributed by atoms with Crippen molar-refractivity contribution >= 4 is 11.5 Å². The first-order valence-corrected chi connectivity index (χ1v) is 6.13. The van der Waals surface area contributed by atoms with Crippen molar-refractivity contribution in [2.75, 3.05) is 11.9 Å². The minimum Gasteiger partial charge on any atom is -0.409 e. The van der Waals surface area contributed by atoms with Crippen molar-refractivity contribution < 1.29 is 9.60 Å². The fraction of sp³-hybridized carbons (Fsp3) is 0.133. The van der Waals surface area contributed by atoms with Crippen LogP contribution in [-0.4, -0.2) is 18.1 Å². The summed E-state index contributed by atoms with van der Waals surface area (Å²) in [6.07, 6.45) is 0. The topological polar surface area (TPSA) is 61.8 Å². The predicted octanol–water partition coefficient (Wildman–Crippen LogP) is 2.56. The van der Waals surface area contributed by atoms with Gasteiger partial charge in [-0.25, -0.2) is 4.39 Å². The van der Waals surface area contributed by atoms with Crippen LogP contribution in [0.15, 0.2) is 53.7 Å². The molecule has 3 N–H and O–H groups in total. The van der Waals surface area contributed by atoms with Gasteiger partial charge in [-0.3, -0.25) is 0 Å². The Morgan fingerprint density at radius 1 is 1.25 bits per heavy atom. The van der Waals surface area contributed by atoms with Crippen LogP contribution in [0.2, 0.25) is 0 Å². The quantitative estimate of drug-likeness (QED) is 0.389. The summed E-state index contributed by atoms with van der Waals surface area (Å²) < 4.78 is 13.6. The van der Waals surface area contributed by atoms with Gasteiger partial charge in [0.25, 0.3) is 0 Å². The van der Waals surface area contributed by atoms with Crippen LogP contribution in [0.25, 0.3) is 0 Å². The van der Waals surface area contributed by atoms with Gasteiger partial charge in [0.05, 0.1) is 0 Å². The molecule has 0 radical (unpaired) electrons. The van der Waals surface area contributed by atoms with Gasteiger partial charge in [-0.05, 0) is 35.9 Å². The number of hydrogen-bond acceptors (Lipinski definition) is 3. The van der Waals surface area contributed by atoms with Gasteiger partial charge in [0.2, 0.25) is 0 Å². The van der Waals surface area contributed by atoms with Gasteiger partial charge in [-0.1, -0.05) is 23.4 Å². The zero-order chi connectivity index (χ0) is 14.5. The van der Waals surface area contributed by atoms with Gasteiger partial charge in [-0.15, -0.1) is 0 Å². The molecule has 0 saturated carbocycles. The van der Waals surface area contributed by atoms with Crippen LogP contribution >= 0.6 is 0 Å². The highest BCUT2D eigenvalue weighted by molar-refractivity contribution is 5.97. The van der Waals surface area contributed by atoms with Crippen molar-refractivity contribution in [3.8, 4) is 0 Å². The number of benzene rings is 2. The SMILES string of the molecule is CN(Cc1cc(F)cc(/C(N)=N/O)c1)c1ccccc1. The lowest BCUT2D eigenvalue weighted by molar-refractivity contribution is 0.318. The number of anilines is 1. The van der Waals surface area contributed by atoms with Gasteiger partial charge >= 0.3 is 0 Å². The molecule has 0 aromatic heterocycles. The van der Waals surface area contributed by atoms with E-state index in [1.54, 1.807) is 6.07 Å². The van der Waals surface area contributed by atoms with Crippen molar-refractivity contribution in [1.29, 1.82) is 0 Å². The van der Waals surface area contributed by atoms with E-state index in [9.17, 15) is 4.39 Å². The molecule has 0 amide bonds. The predicted molar refractivity (Wildman–Crippen MR) is 77.5 cm³/mol. The molecule has 0 fully saturated rings. The number of amidine groups is 1. The molecule has 20 heavy (non-hydrogen) atoms. The Balaban J connectivity index is 2.23. The van der Waals surface area contributed by atoms with Crippen LogP contribution in [0.4, 0.5) is 10.1 Å². The fourth-order valence-corrected chi connectivity index (χ4v) is 1.99. The van der Waals surface area contributed by atoms with E-state index in [2.05, 4.69) is 5.16 Å². The van der Waals surface area contributed by atoms with Gasteiger partial charge in [0, 0.05) is 24.8 Å². The Kier molecular flexibility index (Phi) is 4.20. The summed E-state index contributed by atoms with van der Waals surface area (Å²) in [4.78, 5) is 1.99. The third kappa shape index (κ3) is 3.26. The minimum absolute atomic E-state index is 0.104. The zero-order valence-electron chi connectivity index (χ0n) is 11.1. The summed E-state index contributed by atoms with van der Waals surface area (Å²) in [6.45, 7) is 0.521. The van der Waals surface area contributed by atoms with Crippen LogP contribution < -0.4 is 10.6 Å². The normalized spacial score (nSPS) is 11.4. The number of nitrogens with two attached hydrogens (primary N) is 1. The Morgan fingerprint density at radius 3 is 2.60 bits per heavy atom. The molecule has 0 aliphatic carbocycles. The third-order valence-corrected chi connectivity index (χ3v) is 2.98. The lowest BCUT2D eigenvalue weighted by Gasteiger charge is -2.19. The summed E-state index contributed by atoms with van der Waals surface area (Å²) in [7, 11) is 1.92. The second-order valence-corrected chi connectivity index (χ2v) is 4.53. The van der Waals surface area contributed by atoms with E-state index in [0.717, 1.165) is 11.3 Å². The third-order valence-electron chi connectivity index (χ3n) is 2.98. The van der Waals surface area contributed by atoms with Crippen LogP contribution in [0, 0.1) is 5.82 Å². The van der Waals surface area contributed by atoms with E-state index in [4.69, 9.17) is 10.9 Å². The molecule has 0 spiro atoms. The highest BCUT2D eigenvalue weighted by atomic mass is 19.1. The average molecular weight is 273 g/mol. The van der Waals surface area contributed by atoms with E-state index < -0.39 is 5.82 Å². The van der Waals surface area contributed by atoms with E-state index >= 15 is 0 Å². The molecule has 0 unspecified atom stereocenters. The number of para-hydroxylation sites is 1. The Bertz CT molecular complexity index is 614. The van der Waals surface area contributed by atoms with E-state index in [1.807, 2.05) is 42.3 Å². The largest absolute Gasteiger partial charge is 0.409 e. The summed E-state index contributed by atoms with van der Waals surface area (Å²) >= 11 is 0. The van der Waals surface area contributed by atoms with Crippen molar-refractivity contribution in [2.24, 2.45) is 10.9 Å². The van der Waals surface area contributed by atoms with Crippen LogP contribution in [0.5, 0.6) is 0 Å². The molecule has 0 aliphatic heterocycles. The van der Waals surface area contributed by atoms with Crippen molar-refractivity contribution in [2.45, 2.75) is 6.54 Å². The van der Waals surface area contributed by atoms with E-state index in [0.29, 0.717) is 12.1 Å². The molecule has 0 aliphatic rings. The molecule has 4 nitrogen and oxygen atoms in total. The van der Waals surface area contributed by atoms with Crippen LogP contribution in [-0.2, 0) is 6.54 Å². The van der Waals surface area contributed by atoms with Gasteiger partial charge in [-0.2, -0.15) is 0 Å². The maximum absolute atomic E-state index is 13.6. The minimum atomic E-state index is -0.412. The van der Waals surface area contributed by atoms with E-state index in [1.165, 1.54) is 12.1 Å². The highest BCUT2D eigenvalue weighted by Gasteiger charge is 2.07. The average Bonchev–Trinajstić information content (AvgIpc) is 2.46. The zero-order valence-corrected chi connectivity index (χ0v) is 11.1. The Hall–Kier alpha value is -2.56. The molecule has 0 atom stereocenters. The molecule has 2 aromatic carbocycles. The first kappa shape index (κ1) is 13.9. The molecule has 0 saturated heterocycles. The van der Waals surface area contributed by atoms with Gasteiger partial charge < -0.3 is 15.8 Å². The van der Waals surface area contributed by atoms with Gasteiger partial charge in [0.1, 0.15) is 5.82 Å². The summed E-state index contributed by atoms with van der Waals surface area (Å²) in [5.74, 6) is -0.515. The standard InChI is InChI=1S/C15H16FN3O/c1-19(14-5-3-2-4-6-14)10-11-7-12(15(17)18-20)9-13(16)8-11/h2-9,20H,10H2,1H3,(H2,17,18). The fourth-order valence-electron chi connectivity index (χ4n) is 1.99. The number of hydrogen-bond donors (Lipinski definition) is 2. The molecule has 5 heteroatoms. The lowest BCUT2D eigenvalue weighted by atomic mass is 10.1. The van der Waals surface area contributed by atoms with E-state index in [-0.39, 0.29) is 5.84 Å². The molecular weight excluding hydrogens is 257 g/mol. The smallest absolute Gasteiger partial charge is 0.170 e. The second-order valence-electron chi connectivity index (χ2n) is 4.53. The number of halogens is 1. The number of rotatable bonds is 4. The van der Waals surface area contributed by atoms with Crippen molar-refractivity contribution in [3.63, 3.8) is 0 Å². The van der Waals surface area contributed by atoms with Crippen molar-refractivity contribution in [1.82, 2.24) is 0 Å². The highest BCUT2D eigenvalue weighted by Crippen LogP contribution is 2.16. The van der Waals surface area contributed by atoms with Crippen LogP contribution in [0.3, 0.4) is 0 Å². The summed E-state index contributed by atoms with van der Waals surface area (Å²) in [5, 5.41) is 11.6. The van der Waals surface area contributed by atoms with Gasteiger partial charge in [0.15, 0.2) is 5.84 Å². The molecule has 2 aromatic rings. The Morgan fingerprint density at radius 2 is 1.95 bits per heavy atom.